The van der Waals surface area contributed by atoms with Crippen LogP contribution in [0.15, 0.2) is 53.4 Å². The topological polar surface area (TPSA) is 49.4 Å². The minimum atomic E-state index is -3.57. The summed E-state index contributed by atoms with van der Waals surface area (Å²) in [5.41, 5.74) is 3.07. The van der Waals surface area contributed by atoms with Crippen LogP contribution >= 0.6 is 12.4 Å². The summed E-state index contributed by atoms with van der Waals surface area (Å²) in [5, 5.41) is 0. The van der Waals surface area contributed by atoms with Gasteiger partial charge in [0.1, 0.15) is 0 Å². The Balaban J connectivity index is 0.00000300. The highest BCUT2D eigenvalue weighted by Gasteiger charge is 2.23. The van der Waals surface area contributed by atoms with E-state index in [9.17, 15) is 8.42 Å². The average Bonchev–Trinajstić information content (AvgIpc) is 3.17. The molecule has 2 aromatic rings. The van der Waals surface area contributed by atoms with E-state index in [1.54, 1.807) is 12.1 Å². The molecule has 2 aromatic carbocycles. The van der Waals surface area contributed by atoms with Crippen molar-refractivity contribution in [3.63, 3.8) is 0 Å². The maximum absolute atomic E-state index is 12.7. The number of sulfonamides is 1. The summed E-state index contributed by atoms with van der Waals surface area (Å²) < 4.78 is 28.1. The average molecular weight is 437 g/mol. The second-order valence-electron chi connectivity index (χ2n) is 7.89. The zero-order valence-corrected chi connectivity index (χ0v) is 19.2. The van der Waals surface area contributed by atoms with E-state index in [2.05, 4.69) is 42.5 Å². The van der Waals surface area contributed by atoms with E-state index in [1.807, 2.05) is 24.3 Å². The second-order valence-corrected chi connectivity index (χ2v) is 9.57. The molecule has 3 rings (SSSR count). The van der Waals surface area contributed by atoms with Crippen molar-refractivity contribution < 1.29 is 8.42 Å². The Morgan fingerprint density at radius 2 is 1.72 bits per heavy atom. The van der Waals surface area contributed by atoms with Crippen LogP contribution in [0.4, 0.5) is 5.69 Å². The van der Waals surface area contributed by atoms with Crippen molar-refractivity contribution in [3.05, 3.63) is 59.7 Å². The summed E-state index contributed by atoms with van der Waals surface area (Å²) in [7, 11) is -3.57. The lowest BCUT2D eigenvalue weighted by Crippen LogP contribution is -2.20. The lowest BCUT2D eigenvalue weighted by atomic mass is 9.98. The van der Waals surface area contributed by atoms with E-state index in [0.29, 0.717) is 22.4 Å². The summed E-state index contributed by atoms with van der Waals surface area (Å²) in [4.78, 5) is 2.80. The third-order valence-electron chi connectivity index (χ3n) is 5.82. The minimum Gasteiger partial charge on any atom is -0.303 e. The Kier molecular flexibility index (Phi) is 8.56. The number of likely N-dealkylation sites (tertiary alicyclic amines) is 1. The molecule has 0 radical (unpaired) electrons. The summed E-state index contributed by atoms with van der Waals surface area (Å²) in [6.45, 7) is 9.90. The fourth-order valence-corrected chi connectivity index (χ4v) is 4.93. The lowest BCUT2D eigenvalue weighted by Gasteiger charge is -2.15. The largest absolute Gasteiger partial charge is 0.303 e. The van der Waals surface area contributed by atoms with Crippen LogP contribution in [0.25, 0.3) is 0 Å². The number of halogens is 1. The summed E-state index contributed by atoms with van der Waals surface area (Å²) >= 11 is 0. The second kappa shape index (κ2) is 10.5. The molecule has 1 N–H and O–H groups in total. The monoisotopic (exact) mass is 436 g/mol. The summed E-state index contributed by atoms with van der Waals surface area (Å²) in [6.07, 6.45) is 3.40. The van der Waals surface area contributed by atoms with E-state index in [4.69, 9.17) is 0 Å². The Bertz CT molecular complexity index is 867. The van der Waals surface area contributed by atoms with Gasteiger partial charge in [0, 0.05) is 12.2 Å². The molecule has 29 heavy (non-hydrogen) atoms. The third-order valence-corrected chi connectivity index (χ3v) is 7.22. The molecule has 1 aliphatic rings. The van der Waals surface area contributed by atoms with E-state index in [-0.39, 0.29) is 12.4 Å². The first-order valence-corrected chi connectivity index (χ1v) is 11.9. The summed E-state index contributed by atoms with van der Waals surface area (Å²) in [6, 6.07) is 15.1. The van der Waals surface area contributed by atoms with Crippen molar-refractivity contribution in [2.24, 2.45) is 0 Å². The summed E-state index contributed by atoms with van der Waals surface area (Å²) in [5.74, 6) is 0.978. The molecule has 4 nitrogen and oxygen atoms in total. The van der Waals surface area contributed by atoms with Gasteiger partial charge in [-0.05, 0) is 79.6 Å². The third kappa shape index (κ3) is 5.97. The SMILES string of the molecule is CCCN1CCC(c2ccc(NS(=O)(=O)c3ccc(C(C)CC)cc3)cc2)C1.Cl. The van der Waals surface area contributed by atoms with E-state index < -0.39 is 10.0 Å². The van der Waals surface area contributed by atoms with Crippen LogP contribution in [0.1, 0.15) is 63.0 Å². The Morgan fingerprint density at radius 1 is 1.07 bits per heavy atom. The minimum absolute atomic E-state index is 0. The molecule has 0 saturated carbocycles. The molecule has 160 valence electrons. The van der Waals surface area contributed by atoms with Gasteiger partial charge in [-0.3, -0.25) is 4.72 Å². The predicted octanol–water partition coefficient (Wildman–Crippen LogP) is 5.62. The number of benzene rings is 2. The van der Waals surface area contributed by atoms with Crippen LogP contribution in [-0.2, 0) is 10.0 Å². The quantitative estimate of drug-likeness (QED) is 0.584. The predicted molar refractivity (Wildman–Crippen MR) is 124 cm³/mol. The van der Waals surface area contributed by atoms with Gasteiger partial charge in [0.15, 0.2) is 0 Å². The molecule has 0 amide bonds. The van der Waals surface area contributed by atoms with Crippen LogP contribution in [-0.4, -0.2) is 33.0 Å². The molecule has 1 fully saturated rings. The maximum atomic E-state index is 12.7. The molecule has 2 atom stereocenters. The van der Waals surface area contributed by atoms with Gasteiger partial charge in [0.05, 0.1) is 4.90 Å². The van der Waals surface area contributed by atoms with Gasteiger partial charge in [0.25, 0.3) is 10.0 Å². The smallest absolute Gasteiger partial charge is 0.261 e. The highest BCUT2D eigenvalue weighted by Crippen LogP contribution is 2.28. The first kappa shape index (κ1) is 23.7. The zero-order valence-electron chi connectivity index (χ0n) is 17.6. The van der Waals surface area contributed by atoms with Gasteiger partial charge in [-0.1, -0.05) is 45.0 Å². The van der Waals surface area contributed by atoms with Gasteiger partial charge in [0.2, 0.25) is 0 Å². The van der Waals surface area contributed by atoms with Gasteiger partial charge >= 0.3 is 0 Å². The molecule has 6 heteroatoms. The van der Waals surface area contributed by atoms with Crippen molar-refractivity contribution in [2.45, 2.75) is 56.8 Å². The fraction of sp³-hybridized carbons (Fsp3) is 0.478. The van der Waals surface area contributed by atoms with Crippen molar-refractivity contribution in [2.75, 3.05) is 24.4 Å². The molecule has 1 saturated heterocycles. The molecule has 1 heterocycles. The van der Waals surface area contributed by atoms with E-state index in [1.165, 1.54) is 24.0 Å². The van der Waals surface area contributed by atoms with Crippen LogP contribution in [0.2, 0.25) is 0 Å². The van der Waals surface area contributed by atoms with E-state index >= 15 is 0 Å². The number of nitrogens with zero attached hydrogens (tertiary/aromatic N) is 1. The van der Waals surface area contributed by atoms with Crippen molar-refractivity contribution in [1.82, 2.24) is 4.90 Å². The molecule has 2 unspecified atom stereocenters. The van der Waals surface area contributed by atoms with Crippen LogP contribution in [0.3, 0.4) is 0 Å². The molecule has 0 spiro atoms. The number of nitrogens with one attached hydrogen (secondary N) is 1. The molecular weight excluding hydrogens is 404 g/mol. The number of hydrogen-bond donors (Lipinski definition) is 1. The molecular formula is C23H33ClN2O2S. The maximum Gasteiger partial charge on any atom is 0.261 e. The molecule has 0 aliphatic carbocycles. The standard InChI is InChI=1S/C23H32N2O2S.ClH/c1-4-15-25-16-14-21(17-25)20-6-10-22(11-7-20)24-28(26,27)23-12-8-19(9-13-23)18(3)5-2;/h6-13,18,21,24H,4-5,14-17H2,1-3H3;1H. The van der Waals surface area contributed by atoms with Gasteiger partial charge in [-0.2, -0.15) is 0 Å². The van der Waals surface area contributed by atoms with E-state index in [0.717, 1.165) is 26.1 Å². The van der Waals surface area contributed by atoms with Crippen LogP contribution in [0.5, 0.6) is 0 Å². The van der Waals surface area contributed by atoms with Crippen LogP contribution in [0, 0.1) is 0 Å². The molecule has 0 bridgehead atoms. The zero-order chi connectivity index (χ0) is 20.1. The first-order valence-electron chi connectivity index (χ1n) is 10.4. The fourth-order valence-electron chi connectivity index (χ4n) is 3.87. The van der Waals surface area contributed by atoms with Crippen molar-refractivity contribution in [1.29, 1.82) is 0 Å². The number of anilines is 1. The van der Waals surface area contributed by atoms with Crippen LogP contribution < -0.4 is 4.72 Å². The first-order chi connectivity index (χ1) is 13.4. The van der Waals surface area contributed by atoms with Gasteiger partial charge in [-0.15, -0.1) is 12.4 Å². The van der Waals surface area contributed by atoms with Crippen molar-refractivity contribution >= 4 is 28.1 Å². The highest BCUT2D eigenvalue weighted by molar-refractivity contribution is 7.92. The number of rotatable bonds is 8. The van der Waals surface area contributed by atoms with Gasteiger partial charge < -0.3 is 4.90 Å². The molecule has 1 aliphatic heterocycles. The van der Waals surface area contributed by atoms with Gasteiger partial charge in [-0.25, -0.2) is 8.42 Å². The molecule has 0 aromatic heterocycles. The lowest BCUT2D eigenvalue weighted by molar-refractivity contribution is 0.335. The number of hydrogen-bond acceptors (Lipinski definition) is 3. The Hall–Kier alpha value is -1.56. The Morgan fingerprint density at radius 3 is 2.31 bits per heavy atom. The Labute approximate surface area is 182 Å². The normalized spacial score (nSPS) is 18.2. The van der Waals surface area contributed by atoms with Crippen molar-refractivity contribution in [3.8, 4) is 0 Å². The highest BCUT2D eigenvalue weighted by atomic mass is 35.5.